The Morgan fingerprint density at radius 3 is 2.22 bits per heavy atom. The summed E-state index contributed by atoms with van der Waals surface area (Å²) >= 11 is 0. The van der Waals surface area contributed by atoms with Crippen molar-refractivity contribution in [2.24, 2.45) is 5.41 Å². The van der Waals surface area contributed by atoms with Crippen LogP contribution in [-0.4, -0.2) is 37.7 Å². The molecule has 7 heteroatoms. The van der Waals surface area contributed by atoms with Crippen LogP contribution in [0.15, 0.2) is 54.9 Å². The van der Waals surface area contributed by atoms with E-state index in [2.05, 4.69) is 51.3 Å². The molecule has 27 heavy (non-hydrogen) atoms. The van der Waals surface area contributed by atoms with E-state index >= 15 is 0 Å². The molecule has 0 saturated heterocycles. The highest BCUT2D eigenvalue weighted by atomic mass is 16.3. The molecule has 3 rings (SSSR count). The van der Waals surface area contributed by atoms with Crippen LogP contribution in [0.25, 0.3) is 11.4 Å². The molecule has 0 bridgehead atoms. The quantitative estimate of drug-likeness (QED) is 0.616. The highest BCUT2D eigenvalue weighted by Gasteiger charge is 2.25. The number of benzene rings is 1. The Labute approximate surface area is 159 Å². The summed E-state index contributed by atoms with van der Waals surface area (Å²) in [5.74, 6) is 1.38. The van der Waals surface area contributed by atoms with Crippen LogP contribution in [0.2, 0.25) is 0 Å². The van der Waals surface area contributed by atoms with Gasteiger partial charge in [-0.2, -0.15) is 15.0 Å². The molecule has 0 fully saturated rings. The zero-order valence-corrected chi connectivity index (χ0v) is 15.7. The van der Waals surface area contributed by atoms with Crippen molar-refractivity contribution in [3.8, 4) is 11.4 Å². The lowest BCUT2D eigenvalue weighted by Crippen LogP contribution is -2.37. The monoisotopic (exact) mass is 364 g/mol. The lowest BCUT2D eigenvalue weighted by Gasteiger charge is -2.29. The van der Waals surface area contributed by atoms with Gasteiger partial charge < -0.3 is 15.7 Å². The Hall–Kier alpha value is -3.06. The molecule has 0 amide bonds. The van der Waals surface area contributed by atoms with Crippen LogP contribution in [0.4, 0.5) is 17.6 Å². The normalized spacial score (nSPS) is 12.4. The smallest absolute Gasteiger partial charge is 0.232 e. The molecule has 1 aromatic carbocycles. The molecule has 0 radical (unpaired) electrons. The summed E-state index contributed by atoms with van der Waals surface area (Å²) in [6.45, 7) is 6.13. The van der Waals surface area contributed by atoms with Gasteiger partial charge in [0.25, 0.3) is 0 Å². The van der Waals surface area contributed by atoms with Crippen molar-refractivity contribution in [3.63, 3.8) is 0 Å². The van der Waals surface area contributed by atoms with Crippen LogP contribution in [0.1, 0.15) is 20.8 Å². The summed E-state index contributed by atoms with van der Waals surface area (Å²) in [4.78, 5) is 17.6. The third-order valence-electron chi connectivity index (χ3n) is 4.14. The second-order valence-corrected chi connectivity index (χ2v) is 7.28. The van der Waals surface area contributed by atoms with Gasteiger partial charge in [-0.25, -0.2) is 0 Å². The third-order valence-corrected chi connectivity index (χ3v) is 4.14. The third kappa shape index (κ3) is 4.98. The first-order valence-corrected chi connectivity index (χ1v) is 8.81. The summed E-state index contributed by atoms with van der Waals surface area (Å²) in [5.41, 5.74) is 1.56. The van der Waals surface area contributed by atoms with Gasteiger partial charge >= 0.3 is 0 Å². The predicted molar refractivity (Wildman–Crippen MR) is 107 cm³/mol. The van der Waals surface area contributed by atoms with Crippen LogP contribution < -0.4 is 10.6 Å². The van der Waals surface area contributed by atoms with Gasteiger partial charge in [-0.1, -0.05) is 51.1 Å². The second kappa shape index (κ2) is 8.09. The fourth-order valence-corrected chi connectivity index (χ4v) is 2.47. The van der Waals surface area contributed by atoms with Gasteiger partial charge in [0.1, 0.15) is 0 Å². The van der Waals surface area contributed by atoms with Gasteiger partial charge in [-0.05, 0) is 17.5 Å². The molecule has 7 nitrogen and oxygen atoms in total. The zero-order chi connectivity index (χ0) is 19.3. The molecule has 0 saturated carbocycles. The standard InChI is InChI=1S/C20H24N6O/c1-20(2,3)16(13-27)23-19-25-17(14-7-5-4-6-8-14)24-18(26-19)22-15-9-11-21-12-10-15/h4-12,16,27H,13H2,1-3H3,(H2,21,22,23,24,25,26). The van der Waals surface area contributed by atoms with Crippen molar-refractivity contribution in [2.75, 3.05) is 17.2 Å². The van der Waals surface area contributed by atoms with Crippen LogP contribution in [0.3, 0.4) is 0 Å². The average Bonchev–Trinajstić information content (AvgIpc) is 2.66. The van der Waals surface area contributed by atoms with Crippen molar-refractivity contribution in [2.45, 2.75) is 26.8 Å². The van der Waals surface area contributed by atoms with E-state index in [-0.39, 0.29) is 18.1 Å². The van der Waals surface area contributed by atoms with E-state index in [1.54, 1.807) is 12.4 Å². The number of aliphatic hydroxyl groups excluding tert-OH is 1. The Morgan fingerprint density at radius 2 is 1.59 bits per heavy atom. The van der Waals surface area contributed by atoms with E-state index in [4.69, 9.17) is 0 Å². The Morgan fingerprint density at radius 1 is 0.926 bits per heavy atom. The predicted octanol–water partition coefficient (Wildman–Crippen LogP) is 3.50. The minimum Gasteiger partial charge on any atom is -0.394 e. The summed E-state index contributed by atoms with van der Waals surface area (Å²) in [7, 11) is 0. The molecule has 2 heterocycles. The lowest BCUT2D eigenvalue weighted by atomic mass is 9.87. The fourth-order valence-electron chi connectivity index (χ4n) is 2.47. The number of hydrogen-bond acceptors (Lipinski definition) is 7. The first-order valence-electron chi connectivity index (χ1n) is 8.81. The summed E-state index contributed by atoms with van der Waals surface area (Å²) in [5, 5.41) is 16.2. The average molecular weight is 364 g/mol. The van der Waals surface area contributed by atoms with E-state index in [1.807, 2.05) is 42.5 Å². The maximum absolute atomic E-state index is 9.76. The van der Waals surface area contributed by atoms with Crippen LogP contribution in [0.5, 0.6) is 0 Å². The van der Waals surface area contributed by atoms with Crippen molar-refractivity contribution in [1.82, 2.24) is 19.9 Å². The largest absolute Gasteiger partial charge is 0.394 e. The first-order chi connectivity index (χ1) is 13.0. The molecule has 3 aromatic rings. The van der Waals surface area contributed by atoms with Crippen LogP contribution >= 0.6 is 0 Å². The number of rotatable bonds is 6. The zero-order valence-electron chi connectivity index (χ0n) is 15.7. The van der Waals surface area contributed by atoms with Gasteiger partial charge in [0.2, 0.25) is 11.9 Å². The first kappa shape index (κ1) is 18.7. The molecule has 3 N–H and O–H groups in total. The van der Waals surface area contributed by atoms with Gasteiger partial charge in [0, 0.05) is 23.6 Å². The lowest BCUT2D eigenvalue weighted by molar-refractivity contribution is 0.201. The van der Waals surface area contributed by atoms with E-state index in [0.717, 1.165) is 11.3 Å². The van der Waals surface area contributed by atoms with Crippen LogP contribution in [-0.2, 0) is 0 Å². The molecule has 0 aliphatic heterocycles. The van der Waals surface area contributed by atoms with Gasteiger partial charge in [-0.15, -0.1) is 0 Å². The summed E-state index contributed by atoms with van der Waals surface area (Å²) in [6, 6.07) is 13.2. The minimum absolute atomic E-state index is 0.0248. The molecule has 1 unspecified atom stereocenters. The number of pyridine rings is 1. The fraction of sp³-hybridized carbons (Fsp3) is 0.300. The maximum atomic E-state index is 9.76. The van der Waals surface area contributed by atoms with E-state index in [9.17, 15) is 5.11 Å². The molecule has 140 valence electrons. The number of nitrogens with zero attached hydrogens (tertiary/aromatic N) is 4. The second-order valence-electron chi connectivity index (χ2n) is 7.28. The van der Waals surface area contributed by atoms with Crippen LogP contribution in [0, 0.1) is 5.41 Å². The Bertz CT molecular complexity index is 865. The maximum Gasteiger partial charge on any atom is 0.232 e. The minimum atomic E-state index is -0.197. The molecular formula is C20H24N6O. The topological polar surface area (TPSA) is 95.8 Å². The van der Waals surface area contributed by atoms with Gasteiger partial charge in [0.15, 0.2) is 5.82 Å². The van der Waals surface area contributed by atoms with Crippen molar-refractivity contribution < 1.29 is 5.11 Å². The SMILES string of the molecule is CC(C)(C)C(CO)Nc1nc(Nc2ccncc2)nc(-c2ccccc2)n1. The molecule has 2 aromatic heterocycles. The van der Waals surface area contributed by atoms with E-state index in [1.165, 1.54) is 0 Å². The van der Waals surface area contributed by atoms with E-state index in [0.29, 0.717) is 17.7 Å². The number of anilines is 3. The Balaban J connectivity index is 1.98. The van der Waals surface area contributed by atoms with Crippen molar-refractivity contribution in [3.05, 3.63) is 54.9 Å². The summed E-state index contributed by atoms with van der Waals surface area (Å²) in [6.07, 6.45) is 3.39. The molecule has 0 spiro atoms. The highest BCUT2D eigenvalue weighted by molar-refractivity contribution is 5.60. The number of hydrogen-bond donors (Lipinski definition) is 3. The molecule has 0 aliphatic rings. The number of aromatic nitrogens is 4. The molecule has 1 atom stereocenters. The highest BCUT2D eigenvalue weighted by Crippen LogP contribution is 2.24. The number of aliphatic hydroxyl groups is 1. The molecule has 0 aliphatic carbocycles. The summed E-state index contributed by atoms with van der Waals surface area (Å²) < 4.78 is 0. The van der Waals surface area contributed by atoms with Crippen molar-refractivity contribution in [1.29, 1.82) is 0 Å². The van der Waals surface area contributed by atoms with Crippen molar-refractivity contribution >= 4 is 17.6 Å². The van der Waals surface area contributed by atoms with Gasteiger partial charge in [0.05, 0.1) is 12.6 Å². The van der Waals surface area contributed by atoms with E-state index < -0.39 is 0 Å². The molecular weight excluding hydrogens is 340 g/mol. The number of nitrogens with one attached hydrogen (secondary N) is 2. The Kier molecular flexibility index (Phi) is 5.61. The van der Waals surface area contributed by atoms with Gasteiger partial charge in [-0.3, -0.25) is 4.98 Å².